The normalized spacial score (nSPS) is 26.2. The number of likely N-dealkylation sites (N-methyl/N-ethyl adjacent to an activating group) is 1. The number of morpholine rings is 1. The quantitative estimate of drug-likeness (QED) is 0.231. The number of nitrogens with zero attached hydrogens (tertiary/aromatic N) is 2. The zero-order chi connectivity index (χ0) is 33.8. The predicted octanol–water partition coefficient (Wildman–Crippen LogP) is 0.693. The molecule has 47 heavy (non-hydrogen) atoms. The topological polar surface area (TPSA) is 203 Å². The van der Waals surface area contributed by atoms with Gasteiger partial charge in [-0.15, -0.1) is 0 Å². The monoisotopic (exact) mass is 646 g/mol. The van der Waals surface area contributed by atoms with Gasteiger partial charge < -0.3 is 36.2 Å². The van der Waals surface area contributed by atoms with Crippen molar-refractivity contribution in [1.29, 1.82) is 0 Å². The van der Waals surface area contributed by atoms with Gasteiger partial charge in [-0.1, -0.05) is 18.2 Å². The molecule has 248 valence electrons. The van der Waals surface area contributed by atoms with Crippen LogP contribution < -0.4 is 11.1 Å². The summed E-state index contributed by atoms with van der Waals surface area (Å²) in [7, 11) is 3.10. The average Bonchev–Trinajstić information content (AvgIpc) is 3.03. The highest BCUT2D eigenvalue weighted by Gasteiger charge is 2.64. The molecule has 0 bridgehead atoms. The number of rotatable bonds is 7. The van der Waals surface area contributed by atoms with Gasteiger partial charge in [-0.3, -0.25) is 29.0 Å². The Hall–Kier alpha value is -4.56. The molecule has 0 radical (unpaired) electrons. The molecule has 1 heterocycles. The lowest BCUT2D eigenvalue weighted by atomic mass is 9.57. The predicted molar refractivity (Wildman–Crippen MR) is 169 cm³/mol. The highest BCUT2D eigenvalue weighted by Crippen LogP contribution is 2.53. The van der Waals surface area contributed by atoms with Gasteiger partial charge in [0.15, 0.2) is 11.4 Å². The average molecular weight is 647 g/mol. The Labute approximate surface area is 270 Å². The van der Waals surface area contributed by atoms with E-state index in [1.54, 1.807) is 44.4 Å². The van der Waals surface area contributed by atoms with E-state index >= 15 is 0 Å². The van der Waals surface area contributed by atoms with Crippen LogP contribution in [0.3, 0.4) is 0 Å². The van der Waals surface area contributed by atoms with Gasteiger partial charge in [0.2, 0.25) is 5.78 Å². The van der Waals surface area contributed by atoms with Crippen molar-refractivity contribution in [3.05, 3.63) is 70.0 Å². The minimum atomic E-state index is -2.71. The van der Waals surface area contributed by atoms with E-state index in [-0.39, 0.29) is 35.6 Å². The third-order valence-corrected chi connectivity index (χ3v) is 9.86. The lowest BCUT2D eigenvalue weighted by molar-refractivity contribution is -0.153. The highest BCUT2D eigenvalue weighted by molar-refractivity contribution is 6.24. The number of carbonyl (C=O) groups is 4. The van der Waals surface area contributed by atoms with Crippen molar-refractivity contribution in [3.63, 3.8) is 0 Å². The second kappa shape index (κ2) is 12.2. The first-order valence-corrected chi connectivity index (χ1v) is 15.5. The molecule has 0 aromatic heterocycles. The molecular weight excluding hydrogens is 608 g/mol. The third kappa shape index (κ3) is 5.28. The number of primary amides is 1. The fraction of sp³-hybridized carbons (Fsp3) is 0.412. The largest absolute Gasteiger partial charge is 0.508 e. The molecule has 2 fully saturated rings. The van der Waals surface area contributed by atoms with Crippen LogP contribution in [0, 0.1) is 11.8 Å². The van der Waals surface area contributed by atoms with Crippen LogP contribution >= 0.6 is 0 Å². The Morgan fingerprint density at radius 2 is 1.83 bits per heavy atom. The van der Waals surface area contributed by atoms with Crippen LogP contribution in [0.1, 0.15) is 27.9 Å². The van der Waals surface area contributed by atoms with Crippen molar-refractivity contribution in [2.24, 2.45) is 17.6 Å². The van der Waals surface area contributed by atoms with E-state index in [1.807, 2.05) is 0 Å². The maximum absolute atomic E-state index is 14.1. The van der Waals surface area contributed by atoms with Crippen LogP contribution in [-0.4, -0.2) is 119 Å². The number of ether oxygens (including phenoxy) is 1. The first kappa shape index (κ1) is 32.4. The summed E-state index contributed by atoms with van der Waals surface area (Å²) in [6, 6.07) is 8.81. The minimum Gasteiger partial charge on any atom is -0.508 e. The minimum absolute atomic E-state index is 0.0147. The Bertz CT molecular complexity index is 1740. The van der Waals surface area contributed by atoms with Crippen LogP contribution in [0.15, 0.2) is 53.3 Å². The Kier molecular flexibility index (Phi) is 8.43. The summed E-state index contributed by atoms with van der Waals surface area (Å²) in [6.07, 6.45) is 0.112. The first-order valence-electron chi connectivity index (χ1n) is 15.5. The molecule has 0 spiro atoms. The van der Waals surface area contributed by atoms with Crippen LogP contribution in [0.25, 0.3) is 16.9 Å². The Morgan fingerprint density at radius 1 is 1.11 bits per heavy atom. The van der Waals surface area contributed by atoms with Crippen molar-refractivity contribution in [1.82, 2.24) is 15.1 Å². The van der Waals surface area contributed by atoms with E-state index in [4.69, 9.17) is 10.5 Å². The van der Waals surface area contributed by atoms with Crippen molar-refractivity contribution in [3.8, 4) is 16.9 Å². The molecule has 4 aliphatic rings. The number of amides is 2. The van der Waals surface area contributed by atoms with Crippen LogP contribution in [0.4, 0.5) is 0 Å². The molecule has 6 rings (SSSR count). The second-order valence-electron chi connectivity index (χ2n) is 12.7. The number of aliphatic hydroxyl groups is 3. The zero-order valence-corrected chi connectivity index (χ0v) is 26.2. The molecule has 2 aromatic carbocycles. The van der Waals surface area contributed by atoms with Gasteiger partial charge >= 0.3 is 0 Å². The molecule has 13 heteroatoms. The molecule has 1 saturated carbocycles. The molecule has 1 aliphatic heterocycles. The molecule has 2 amide bonds. The fourth-order valence-electron chi connectivity index (χ4n) is 7.60. The third-order valence-electron chi connectivity index (χ3n) is 9.86. The molecular formula is C34H38N4O9. The van der Waals surface area contributed by atoms with E-state index in [9.17, 15) is 39.6 Å². The maximum Gasteiger partial charge on any atom is 0.255 e. The first-order chi connectivity index (χ1) is 22.4. The van der Waals surface area contributed by atoms with Crippen molar-refractivity contribution < 1.29 is 44.3 Å². The smallest absolute Gasteiger partial charge is 0.255 e. The summed E-state index contributed by atoms with van der Waals surface area (Å²) >= 11 is 0. The van der Waals surface area contributed by atoms with Crippen LogP contribution in [0.5, 0.6) is 5.75 Å². The molecule has 1 saturated heterocycles. The van der Waals surface area contributed by atoms with Gasteiger partial charge in [0.1, 0.15) is 22.8 Å². The van der Waals surface area contributed by atoms with E-state index < -0.39 is 58.0 Å². The van der Waals surface area contributed by atoms with Gasteiger partial charge in [-0.2, -0.15) is 0 Å². The molecule has 13 nitrogen and oxygen atoms in total. The molecule has 4 atom stereocenters. The summed E-state index contributed by atoms with van der Waals surface area (Å²) in [4.78, 5) is 56.4. The van der Waals surface area contributed by atoms with Crippen LogP contribution in [0.2, 0.25) is 0 Å². The number of hydrogen-bond acceptors (Lipinski definition) is 11. The van der Waals surface area contributed by atoms with E-state index in [0.717, 1.165) is 13.1 Å². The Balaban J connectivity index is 1.36. The number of fused-ring (bicyclic) bond motifs is 3. The number of phenols is 1. The molecule has 3 aliphatic carbocycles. The van der Waals surface area contributed by atoms with Crippen molar-refractivity contribution >= 4 is 29.1 Å². The number of aliphatic hydroxyl groups excluding tert-OH is 2. The number of hydrogen-bond donors (Lipinski definition) is 6. The second-order valence-corrected chi connectivity index (χ2v) is 12.7. The van der Waals surface area contributed by atoms with E-state index in [2.05, 4.69) is 10.2 Å². The number of nitrogens with two attached hydrogens (primary N) is 1. The maximum atomic E-state index is 14.1. The van der Waals surface area contributed by atoms with Gasteiger partial charge in [0.25, 0.3) is 11.8 Å². The summed E-state index contributed by atoms with van der Waals surface area (Å²) < 4.78 is 5.37. The van der Waals surface area contributed by atoms with Crippen LogP contribution in [-0.2, 0) is 25.5 Å². The molecule has 7 N–H and O–H groups in total. The van der Waals surface area contributed by atoms with E-state index in [1.165, 1.54) is 11.0 Å². The summed E-state index contributed by atoms with van der Waals surface area (Å²) in [6.45, 7) is 4.11. The zero-order valence-electron chi connectivity index (χ0n) is 26.2. The number of ketones is 2. The Morgan fingerprint density at radius 3 is 2.51 bits per heavy atom. The number of Topliss-reactive ketones (excluding diaryl/α,β-unsaturated/α-hetero) is 2. The van der Waals surface area contributed by atoms with E-state index in [0.29, 0.717) is 48.6 Å². The highest BCUT2D eigenvalue weighted by atomic mass is 16.5. The lowest BCUT2D eigenvalue weighted by Gasteiger charge is -2.50. The molecule has 2 aromatic rings. The summed E-state index contributed by atoms with van der Waals surface area (Å²) in [5.74, 6) is -7.33. The fourth-order valence-corrected chi connectivity index (χ4v) is 7.60. The number of phenolic OH excluding ortho intramolecular Hbond substituents is 1. The van der Waals surface area contributed by atoms with Gasteiger partial charge in [0.05, 0.1) is 24.8 Å². The summed E-state index contributed by atoms with van der Waals surface area (Å²) in [5.41, 5.74) is 3.77. The number of aromatic hydroxyl groups is 1. The SMILES string of the molecule is CN(C)[C@@H]1C(=O)C(C(N)=O)=C(O)[C@@]2(O)C(=O)C3=C(O)c4c(O)ccc(-c5cccc(C(=O)NCCN6CCOCC6)c5)c4CC3CC12. The number of carbonyl (C=O) groups excluding carboxylic acids is 4. The van der Waals surface area contributed by atoms with Crippen molar-refractivity contribution in [2.45, 2.75) is 24.5 Å². The van der Waals surface area contributed by atoms with Crippen molar-refractivity contribution in [2.75, 3.05) is 53.5 Å². The standard InChI is InChI=1S/C34H38N4O9/c1-37(2)27-22-16-19-15-21-20(17-4-3-5-18(14-17)33(45)36-8-9-38-10-12-47-13-11-38)6-7-23(39)25(21)28(40)24(19)30(42)34(22,46)31(43)26(29(27)41)32(35)44/h3-7,14,19,22,27,39-40,43,46H,8-13,15-16H2,1-2H3,(H2,35,44)(H,36,45)/t19?,22?,27-,34-/m0/s1. The summed E-state index contributed by atoms with van der Waals surface area (Å²) in [5, 5.41) is 48.3. The number of benzene rings is 2. The van der Waals surface area contributed by atoms with Gasteiger partial charge in [-0.25, -0.2) is 0 Å². The van der Waals surface area contributed by atoms with Gasteiger partial charge in [-0.05, 0) is 67.7 Å². The lowest BCUT2D eigenvalue weighted by Crippen LogP contribution is -2.65. The molecule has 2 unspecified atom stereocenters. The van der Waals surface area contributed by atoms with Gasteiger partial charge in [0, 0.05) is 43.2 Å². The number of nitrogens with one attached hydrogen (secondary N) is 1.